The van der Waals surface area contributed by atoms with Crippen LogP contribution in [0.4, 0.5) is 10.5 Å². The first-order valence-electron chi connectivity index (χ1n) is 9.07. The number of piperidine rings is 1. The summed E-state index contributed by atoms with van der Waals surface area (Å²) in [5.41, 5.74) is 1.13. The minimum Gasteiger partial charge on any atom is -0.371 e. The Hall–Kier alpha value is -2.64. The van der Waals surface area contributed by atoms with E-state index in [1.807, 2.05) is 6.07 Å². The average Bonchev–Trinajstić information content (AvgIpc) is 3.18. The Balaban J connectivity index is 1.61. The number of carbonyl (C=O) groups is 2. The molecule has 138 valence electrons. The molecule has 3 amide bonds. The van der Waals surface area contributed by atoms with Crippen LogP contribution in [-0.4, -0.2) is 69.1 Å². The molecular weight excluding hydrogens is 332 g/mol. The number of likely N-dealkylation sites (N-methyl/N-ethyl adjacent to an activating group) is 1. The van der Waals surface area contributed by atoms with Crippen molar-refractivity contribution in [1.29, 1.82) is 0 Å². The van der Waals surface area contributed by atoms with Crippen LogP contribution in [0.2, 0.25) is 0 Å². The molecule has 1 spiro atoms. The van der Waals surface area contributed by atoms with Gasteiger partial charge >= 0.3 is 6.03 Å². The number of aromatic amines is 1. The van der Waals surface area contributed by atoms with Crippen molar-refractivity contribution in [3.05, 3.63) is 18.5 Å². The number of amides is 3. The lowest BCUT2D eigenvalue weighted by molar-refractivity contribution is -0.133. The largest absolute Gasteiger partial charge is 0.371 e. The minimum absolute atomic E-state index is 0.0639. The van der Waals surface area contributed by atoms with Gasteiger partial charge in [-0.3, -0.25) is 14.8 Å². The second-order valence-corrected chi connectivity index (χ2v) is 7.63. The Kier molecular flexibility index (Phi) is 3.86. The van der Waals surface area contributed by atoms with E-state index in [2.05, 4.69) is 33.9 Å². The molecule has 2 saturated heterocycles. The zero-order valence-corrected chi connectivity index (χ0v) is 15.4. The van der Waals surface area contributed by atoms with Gasteiger partial charge in [0.25, 0.3) is 5.91 Å². The van der Waals surface area contributed by atoms with Crippen molar-refractivity contribution in [3.8, 4) is 0 Å². The Morgan fingerprint density at radius 1 is 1.27 bits per heavy atom. The van der Waals surface area contributed by atoms with Gasteiger partial charge in [0, 0.05) is 32.9 Å². The van der Waals surface area contributed by atoms with E-state index in [4.69, 9.17) is 0 Å². The Morgan fingerprint density at radius 3 is 2.69 bits per heavy atom. The summed E-state index contributed by atoms with van der Waals surface area (Å²) in [6.07, 6.45) is 4.82. The summed E-state index contributed by atoms with van der Waals surface area (Å²) in [5, 5.41) is 7.95. The zero-order valence-electron chi connectivity index (χ0n) is 15.4. The molecule has 0 aromatic carbocycles. The standard InChI is InChI=1S/C18H24N6O2/c1-12(2)11-24-17(26)22(3)16(25)18(24)5-8-23(9-6-18)14-4-7-19-15-13(14)10-20-21-15/h4,7,10,12H,5-6,8-9,11H2,1-3H3,(H,19,20,21). The maximum Gasteiger partial charge on any atom is 0.327 e. The number of carbonyl (C=O) groups excluding carboxylic acids is 2. The third kappa shape index (κ3) is 2.35. The molecule has 1 N–H and O–H groups in total. The van der Waals surface area contributed by atoms with Gasteiger partial charge in [-0.25, -0.2) is 9.78 Å². The molecule has 2 aliphatic heterocycles. The molecule has 2 fully saturated rings. The highest BCUT2D eigenvalue weighted by Crippen LogP contribution is 2.39. The van der Waals surface area contributed by atoms with Gasteiger partial charge in [0.1, 0.15) is 5.54 Å². The minimum atomic E-state index is -0.699. The molecular formula is C18H24N6O2. The van der Waals surface area contributed by atoms with E-state index >= 15 is 0 Å². The van der Waals surface area contributed by atoms with Gasteiger partial charge in [0.15, 0.2) is 5.65 Å². The number of H-pyrrole nitrogens is 1. The first kappa shape index (κ1) is 16.8. The quantitative estimate of drug-likeness (QED) is 0.848. The number of fused-ring (bicyclic) bond motifs is 1. The Morgan fingerprint density at radius 2 is 2.00 bits per heavy atom. The molecule has 8 nitrogen and oxygen atoms in total. The number of anilines is 1. The summed E-state index contributed by atoms with van der Waals surface area (Å²) in [4.78, 5) is 35.2. The Bertz CT molecular complexity index is 852. The van der Waals surface area contributed by atoms with Crippen molar-refractivity contribution in [2.75, 3.05) is 31.6 Å². The highest BCUT2D eigenvalue weighted by Gasteiger charge is 2.56. The molecule has 26 heavy (non-hydrogen) atoms. The number of pyridine rings is 1. The molecule has 0 saturated carbocycles. The fourth-order valence-electron chi connectivity index (χ4n) is 4.21. The van der Waals surface area contributed by atoms with E-state index in [1.54, 1.807) is 24.3 Å². The topological polar surface area (TPSA) is 85.4 Å². The van der Waals surface area contributed by atoms with Crippen LogP contribution in [-0.2, 0) is 4.79 Å². The van der Waals surface area contributed by atoms with Crippen molar-refractivity contribution in [1.82, 2.24) is 25.0 Å². The van der Waals surface area contributed by atoms with Crippen LogP contribution in [0.3, 0.4) is 0 Å². The predicted octanol–water partition coefficient (Wildman–Crippen LogP) is 1.85. The van der Waals surface area contributed by atoms with Crippen molar-refractivity contribution in [2.45, 2.75) is 32.2 Å². The van der Waals surface area contributed by atoms with E-state index in [-0.39, 0.29) is 11.9 Å². The molecule has 0 unspecified atom stereocenters. The number of hydrogen-bond donors (Lipinski definition) is 1. The molecule has 4 heterocycles. The maximum atomic E-state index is 12.9. The van der Waals surface area contributed by atoms with E-state index in [9.17, 15) is 9.59 Å². The number of rotatable bonds is 3. The lowest BCUT2D eigenvalue weighted by Gasteiger charge is -2.43. The van der Waals surface area contributed by atoms with E-state index in [0.29, 0.717) is 38.4 Å². The molecule has 0 bridgehead atoms. The molecule has 2 aliphatic rings. The van der Waals surface area contributed by atoms with Crippen LogP contribution < -0.4 is 4.90 Å². The summed E-state index contributed by atoms with van der Waals surface area (Å²) in [5.74, 6) is 0.255. The highest BCUT2D eigenvalue weighted by molar-refractivity contribution is 6.07. The van der Waals surface area contributed by atoms with Crippen molar-refractivity contribution in [2.24, 2.45) is 5.92 Å². The van der Waals surface area contributed by atoms with Crippen LogP contribution in [0.1, 0.15) is 26.7 Å². The Labute approximate surface area is 152 Å². The number of hydrogen-bond acceptors (Lipinski definition) is 5. The van der Waals surface area contributed by atoms with Gasteiger partial charge in [-0.15, -0.1) is 0 Å². The summed E-state index contributed by atoms with van der Waals surface area (Å²) in [6.45, 7) is 6.19. The fraction of sp³-hybridized carbons (Fsp3) is 0.556. The van der Waals surface area contributed by atoms with Crippen molar-refractivity contribution in [3.63, 3.8) is 0 Å². The number of urea groups is 1. The van der Waals surface area contributed by atoms with Crippen molar-refractivity contribution < 1.29 is 9.59 Å². The van der Waals surface area contributed by atoms with Crippen LogP contribution in [0.5, 0.6) is 0 Å². The fourth-order valence-corrected chi connectivity index (χ4v) is 4.21. The average molecular weight is 356 g/mol. The molecule has 8 heteroatoms. The van der Waals surface area contributed by atoms with Gasteiger partial charge in [-0.05, 0) is 24.8 Å². The van der Waals surface area contributed by atoms with Gasteiger partial charge in [0.05, 0.1) is 17.3 Å². The number of aromatic nitrogens is 3. The number of nitrogens with zero attached hydrogens (tertiary/aromatic N) is 5. The van der Waals surface area contributed by atoms with Crippen LogP contribution in [0.25, 0.3) is 11.0 Å². The van der Waals surface area contributed by atoms with E-state index < -0.39 is 5.54 Å². The van der Waals surface area contributed by atoms with Gasteiger partial charge in [0.2, 0.25) is 0 Å². The number of nitrogens with one attached hydrogen (secondary N) is 1. The van der Waals surface area contributed by atoms with Crippen LogP contribution >= 0.6 is 0 Å². The molecule has 0 aliphatic carbocycles. The van der Waals surface area contributed by atoms with Gasteiger partial charge in [-0.2, -0.15) is 5.10 Å². The summed E-state index contributed by atoms with van der Waals surface area (Å²) in [6, 6.07) is 1.81. The van der Waals surface area contributed by atoms with Crippen LogP contribution in [0, 0.1) is 5.92 Å². The number of imide groups is 1. The second-order valence-electron chi connectivity index (χ2n) is 7.63. The lowest BCUT2D eigenvalue weighted by Crippen LogP contribution is -2.57. The third-order valence-corrected chi connectivity index (χ3v) is 5.55. The zero-order chi connectivity index (χ0) is 18.5. The summed E-state index contributed by atoms with van der Waals surface area (Å²) >= 11 is 0. The highest BCUT2D eigenvalue weighted by atomic mass is 16.2. The predicted molar refractivity (Wildman–Crippen MR) is 97.8 cm³/mol. The van der Waals surface area contributed by atoms with Gasteiger partial charge < -0.3 is 9.80 Å². The lowest BCUT2D eigenvalue weighted by atomic mass is 9.85. The second kappa shape index (κ2) is 5.96. The molecule has 4 rings (SSSR count). The van der Waals surface area contributed by atoms with Gasteiger partial charge in [-0.1, -0.05) is 13.8 Å². The first-order chi connectivity index (χ1) is 12.4. The summed E-state index contributed by atoms with van der Waals surface area (Å²) in [7, 11) is 1.59. The molecule has 0 radical (unpaired) electrons. The molecule has 2 aromatic rings. The summed E-state index contributed by atoms with van der Waals surface area (Å²) < 4.78 is 0. The smallest absolute Gasteiger partial charge is 0.327 e. The third-order valence-electron chi connectivity index (χ3n) is 5.55. The molecule has 0 atom stereocenters. The monoisotopic (exact) mass is 356 g/mol. The maximum absolute atomic E-state index is 12.9. The van der Waals surface area contributed by atoms with Crippen molar-refractivity contribution >= 4 is 28.7 Å². The first-order valence-corrected chi connectivity index (χ1v) is 9.07. The van der Waals surface area contributed by atoms with E-state index in [0.717, 1.165) is 16.7 Å². The van der Waals surface area contributed by atoms with E-state index in [1.165, 1.54) is 4.90 Å². The normalized spacial score (nSPS) is 20.2. The SMILES string of the molecule is CC(C)CN1C(=O)N(C)C(=O)C12CCN(c1ccnc3[nH]ncc13)CC2. The molecule has 2 aromatic heterocycles. The van der Waals surface area contributed by atoms with Crippen LogP contribution in [0.15, 0.2) is 18.5 Å².